The topological polar surface area (TPSA) is 38.7 Å². The van der Waals surface area contributed by atoms with Gasteiger partial charge in [-0.05, 0) is 52.9 Å². The molecule has 0 bridgehead atoms. The van der Waals surface area contributed by atoms with Gasteiger partial charge < -0.3 is 0 Å². The number of hydrogen-bond donors (Lipinski definition) is 0. The van der Waals surface area contributed by atoms with Crippen molar-refractivity contribution in [3.8, 4) is 56.4 Å². The summed E-state index contributed by atoms with van der Waals surface area (Å²) < 4.78 is 2.65. The number of benzene rings is 6. The van der Waals surface area contributed by atoms with Gasteiger partial charge in [-0.15, -0.1) is 11.3 Å². The van der Waals surface area contributed by atoms with Crippen LogP contribution in [-0.4, -0.2) is 15.0 Å². The molecule has 2 aromatic heterocycles. The number of hydrogen-bond acceptors (Lipinski definition) is 4. The van der Waals surface area contributed by atoms with E-state index in [2.05, 4.69) is 91.9 Å². The number of rotatable bonds is 5. The van der Waals surface area contributed by atoms with Gasteiger partial charge in [0.2, 0.25) is 0 Å². The van der Waals surface area contributed by atoms with Gasteiger partial charge >= 0.3 is 0 Å². The normalized spacial score (nSPS) is 11.3. The van der Waals surface area contributed by atoms with E-state index in [1.165, 1.54) is 31.3 Å². The molecule has 0 saturated carbocycles. The molecule has 0 aliphatic heterocycles. The van der Waals surface area contributed by atoms with Gasteiger partial charge in [0, 0.05) is 36.9 Å². The largest absolute Gasteiger partial charge is 0.208 e. The smallest absolute Gasteiger partial charge is 0.164 e. The third-order valence-corrected chi connectivity index (χ3v) is 9.33. The van der Waals surface area contributed by atoms with Crippen LogP contribution in [0.3, 0.4) is 0 Å². The number of thiophene rings is 1. The van der Waals surface area contributed by atoms with Gasteiger partial charge in [0.15, 0.2) is 17.5 Å². The van der Waals surface area contributed by atoms with E-state index in [0.717, 1.165) is 33.4 Å². The Bertz CT molecular complexity index is 2210. The van der Waals surface area contributed by atoms with Gasteiger partial charge in [0.1, 0.15) is 0 Å². The number of aromatic nitrogens is 3. The molecule has 4 heteroatoms. The Morgan fingerprint density at radius 3 is 1.64 bits per heavy atom. The first-order chi connectivity index (χ1) is 21.7. The van der Waals surface area contributed by atoms with Gasteiger partial charge in [-0.25, -0.2) is 15.0 Å². The molecule has 0 aliphatic rings. The van der Waals surface area contributed by atoms with Crippen LogP contribution in [0, 0.1) is 6.92 Å². The second kappa shape index (κ2) is 11.0. The lowest BCUT2D eigenvalue weighted by Crippen LogP contribution is -2.01. The minimum atomic E-state index is 0.666. The molecule has 44 heavy (non-hydrogen) atoms. The minimum Gasteiger partial charge on any atom is -0.208 e. The van der Waals surface area contributed by atoms with E-state index in [1.807, 2.05) is 72.0 Å². The third kappa shape index (κ3) is 4.76. The van der Waals surface area contributed by atoms with Crippen molar-refractivity contribution in [3.63, 3.8) is 0 Å². The molecule has 0 atom stereocenters. The molecule has 3 nitrogen and oxygen atoms in total. The van der Waals surface area contributed by atoms with E-state index in [-0.39, 0.29) is 0 Å². The molecule has 2 heterocycles. The summed E-state index contributed by atoms with van der Waals surface area (Å²) in [6.45, 7) is 2.16. The van der Waals surface area contributed by atoms with E-state index < -0.39 is 0 Å². The molecule has 0 unspecified atom stereocenters. The Kier molecular flexibility index (Phi) is 6.55. The molecule has 208 valence electrons. The lowest BCUT2D eigenvalue weighted by atomic mass is 9.94. The van der Waals surface area contributed by atoms with Crippen molar-refractivity contribution >= 4 is 31.5 Å². The first-order valence-electron chi connectivity index (χ1n) is 14.7. The van der Waals surface area contributed by atoms with Crippen LogP contribution in [0.4, 0.5) is 0 Å². The van der Waals surface area contributed by atoms with Gasteiger partial charge in [-0.1, -0.05) is 127 Å². The standard InChI is InChI=1S/C40H27N3S/c1-26-32(28-21-19-27(20-22-28)31-23-24-37-35(25-31)34-15-8-9-18-36(34)44-37)16-10-17-33(26)40-42-38(29-11-4-2-5-12-29)41-39(43-40)30-13-6-3-7-14-30/h2-25H,1H3. The SMILES string of the molecule is Cc1c(-c2ccc(-c3ccc4sc5ccccc5c4c3)cc2)cccc1-c1nc(-c2ccccc2)nc(-c2ccccc2)n1. The van der Waals surface area contributed by atoms with Crippen LogP contribution in [0.2, 0.25) is 0 Å². The quantitative estimate of drug-likeness (QED) is 0.203. The summed E-state index contributed by atoms with van der Waals surface area (Å²) >= 11 is 1.85. The van der Waals surface area contributed by atoms with Crippen molar-refractivity contribution in [3.05, 3.63) is 151 Å². The van der Waals surface area contributed by atoms with Crippen molar-refractivity contribution in [2.24, 2.45) is 0 Å². The van der Waals surface area contributed by atoms with Crippen molar-refractivity contribution in [1.29, 1.82) is 0 Å². The molecule has 0 fully saturated rings. The Balaban J connectivity index is 1.18. The van der Waals surface area contributed by atoms with Gasteiger partial charge in [-0.2, -0.15) is 0 Å². The summed E-state index contributed by atoms with van der Waals surface area (Å²) in [6, 6.07) is 50.9. The maximum Gasteiger partial charge on any atom is 0.164 e. The zero-order chi connectivity index (χ0) is 29.5. The maximum absolute atomic E-state index is 4.97. The average molecular weight is 582 g/mol. The van der Waals surface area contributed by atoms with E-state index in [9.17, 15) is 0 Å². The molecular weight excluding hydrogens is 555 g/mol. The fraction of sp³-hybridized carbons (Fsp3) is 0.0250. The summed E-state index contributed by atoms with van der Waals surface area (Å²) in [5.74, 6) is 2.00. The molecule has 0 spiro atoms. The van der Waals surface area contributed by atoms with Crippen molar-refractivity contribution in [2.45, 2.75) is 6.92 Å². The summed E-state index contributed by atoms with van der Waals surface area (Å²) in [5, 5.41) is 2.64. The predicted octanol–water partition coefficient (Wildman–Crippen LogP) is 10.9. The van der Waals surface area contributed by atoms with Crippen LogP contribution < -0.4 is 0 Å². The van der Waals surface area contributed by atoms with E-state index in [0.29, 0.717) is 17.5 Å². The van der Waals surface area contributed by atoms with E-state index in [1.54, 1.807) is 0 Å². The summed E-state index contributed by atoms with van der Waals surface area (Å²) in [5.41, 5.74) is 8.82. The molecule has 6 aromatic carbocycles. The summed E-state index contributed by atoms with van der Waals surface area (Å²) in [6.07, 6.45) is 0. The van der Waals surface area contributed by atoms with Gasteiger partial charge in [-0.3, -0.25) is 0 Å². The average Bonchev–Trinajstić information content (AvgIpc) is 3.47. The van der Waals surface area contributed by atoms with Crippen LogP contribution in [0.1, 0.15) is 5.56 Å². The Morgan fingerprint density at radius 1 is 0.386 bits per heavy atom. The number of fused-ring (bicyclic) bond motifs is 3. The lowest BCUT2D eigenvalue weighted by Gasteiger charge is -2.13. The summed E-state index contributed by atoms with van der Waals surface area (Å²) in [7, 11) is 0. The fourth-order valence-corrected chi connectivity index (χ4v) is 6.95. The van der Waals surface area contributed by atoms with E-state index in [4.69, 9.17) is 15.0 Å². The molecule has 0 radical (unpaired) electrons. The maximum atomic E-state index is 4.97. The van der Waals surface area contributed by atoms with Crippen LogP contribution >= 0.6 is 11.3 Å². The highest BCUT2D eigenvalue weighted by Crippen LogP contribution is 2.37. The molecule has 0 saturated heterocycles. The Morgan fingerprint density at radius 2 is 0.932 bits per heavy atom. The number of nitrogens with zero attached hydrogens (tertiary/aromatic N) is 3. The summed E-state index contributed by atoms with van der Waals surface area (Å²) in [4.78, 5) is 14.8. The Labute approximate surface area is 260 Å². The molecule has 8 aromatic rings. The van der Waals surface area contributed by atoms with Crippen molar-refractivity contribution in [2.75, 3.05) is 0 Å². The highest BCUT2D eigenvalue weighted by Gasteiger charge is 2.16. The highest BCUT2D eigenvalue weighted by atomic mass is 32.1. The second-order valence-electron chi connectivity index (χ2n) is 10.9. The highest BCUT2D eigenvalue weighted by molar-refractivity contribution is 7.25. The third-order valence-electron chi connectivity index (χ3n) is 8.18. The molecular formula is C40H27N3S. The Hall–Kier alpha value is -5.45. The van der Waals surface area contributed by atoms with Crippen LogP contribution in [0.15, 0.2) is 146 Å². The van der Waals surface area contributed by atoms with Gasteiger partial charge in [0.25, 0.3) is 0 Å². The van der Waals surface area contributed by atoms with E-state index >= 15 is 0 Å². The first kappa shape index (κ1) is 26.2. The van der Waals surface area contributed by atoms with Crippen LogP contribution in [0.25, 0.3) is 76.6 Å². The molecule has 0 amide bonds. The zero-order valence-electron chi connectivity index (χ0n) is 24.1. The fourth-order valence-electron chi connectivity index (χ4n) is 5.87. The van der Waals surface area contributed by atoms with Crippen LogP contribution in [0.5, 0.6) is 0 Å². The monoisotopic (exact) mass is 581 g/mol. The van der Waals surface area contributed by atoms with Crippen LogP contribution in [-0.2, 0) is 0 Å². The second-order valence-corrected chi connectivity index (χ2v) is 12.0. The zero-order valence-corrected chi connectivity index (χ0v) is 24.9. The predicted molar refractivity (Wildman–Crippen MR) is 185 cm³/mol. The minimum absolute atomic E-state index is 0.666. The van der Waals surface area contributed by atoms with Crippen molar-refractivity contribution < 1.29 is 0 Å². The van der Waals surface area contributed by atoms with Gasteiger partial charge in [0.05, 0.1) is 0 Å². The van der Waals surface area contributed by atoms with Crippen molar-refractivity contribution in [1.82, 2.24) is 15.0 Å². The lowest BCUT2D eigenvalue weighted by molar-refractivity contribution is 1.07. The molecule has 8 rings (SSSR count). The molecule has 0 N–H and O–H groups in total. The first-order valence-corrected chi connectivity index (χ1v) is 15.5. The molecule has 0 aliphatic carbocycles.